The second-order valence-corrected chi connectivity index (χ2v) is 5.20. The molecule has 2 aromatic rings. The Bertz CT molecular complexity index is 599. The molecule has 1 heterocycles. The lowest BCUT2D eigenvalue weighted by molar-refractivity contribution is 0.323. The van der Waals surface area contributed by atoms with E-state index in [9.17, 15) is 4.39 Å². The molecule has 0 fully saturated rings. The summed E-state index contributed by atoms with van der Waals surface area (Å²) in [5.41, 5.74) is 1.94. The zero-order valence-corrected chi connectivity index (χ0v) is 11.5. The molecule has 20 heavy (non-hydrogen) atoms. The summed E-state index contributed by atoms with van der Waals surface area (Å²) < 4.78 is 19.4. The normalized spacial score (nSPS) is 18.4. The Labute approximate surface area is 118 Å². The highest BCUT2D eigenvalue weighted by Crippen LogP contribution is 2.33. The van der Waals surface area contributed by atoms with Gasteiger partial charge in [-0.05, 0) is 19.1 Å². The van der Waals surface area contributed by atoms with Gasteiger partial charge in [-0.3, -0.25) is 0 Å². The van der Waals surface area contributed by atoms with E-state index in [-0.39, 0.29) is 11.9 Å². The maximum absolute atomic E-state index is 13.7. The summed E-state index contributed by atoms with van der Waals surface area (Å²) in [4.78, 5) is 0. The van der Waals surface area contributed by atoms with Crippen molar-refractivity contribution < 1.29 is 9.13 Å². The van der Waals surface area contributed by atoms with Gasteiger partial charge in [0.25, 0.3) is 0 Å². The predicted molar refractivity (Wildman–Crippen MR) is 77.5 cm³/mol. The first-order valence-corrected chi connectivity index (χ1v) is 6.95. The summed E-state index contributed by atoms with van der Waals surface area (Å²) in [6.45, 7) is 3.46. The fraction of sp³-hybridized carbons (Fsp3) is 0.294. The van der Waals surface area contributed by atoms with Gasteiger partial charge in [-0.15, -0.1) is 0 Å². The Hall–Kier alpha value is -1.87. The molecule has 2 unspecified atom stereocenters. The smallest absolute Gasteiger partial charge is 0.127 e. The van der Waals surface area contributed by atoms with Gasteiger partial charge in [-0.2, -0.15) is 0 Å². The van der Waals surface area contributed by atoms with Crippen LogP contribution in [-0.2, 0) is 0 Å². The molecule has 3 rings (SSSR count). The number of rotatable bonds is 4. The van der Waals surface area contributed by atoms with E-state index < -0.39 is 0 Å². The summed E-state index contributed by atoms with van der Waals surface area (Å²) in [6.07, 6.45) is 0. The Balaban J connectivity index is 1.65. The van der Waals surface area contributed by atoms with Crippen LogP contribution in [0, 0.1) is 5.82 Å². The van der Waals surface area contributed by atoms with Crippen LogP contribution in [0.4, 0.5) is 4.39 Å². The van der Waals surface area contributed by atoms with Gasteiger partial charge in [0.1, 0.15) is 11.6 Å². The molecule has 0 saturated carbocycles. The number of benzene rings is 2. The van der Waals surface area contributed by atoms with Crippen molar-refractivity contribution in [2.75, 3.05) is 13.2 Å². The van der Waals surface area contributed by atoms with Crippen molar-refractivity contribution in [3.8, 4) is 5.75 Å². The van der Waals surface area contributed by atoms with Crippen LogP contribution < -0.4 is 10.1 Å². The molecule has 3 heteroatoms. The van der Waals surface area contributed by atoms with E-state index in [1.54, 1.807) is 6.07 Å². The molecule has 0 radical (unpaired) electrons. The molecule has 0 spiro atoms. The number of halogens is 1. The van der Waals surface area contributed by atoms with E-state index in [1.165, 1.54) is 11.6 Å². The predicted octanol–water partition coefficient (Wildman–Crippen LogP) is 3.65. The van der Waals surface area contributed by atoms with Crippen LogP contribution in [0.5, 0.6) is 5.75 Å². The first kappa shape index (κ1) is 13.1. The molecule has 2 atom stereocenters. The molecule has 2 aromatic carbocycles. The topological polar surface area (TPSA) is 21.3 Å². The van der Waals surface area contributed by atoms with Crippen LogP contribution in [0.2, 0.25) is 0 Å². The molecule has 0 aliphatic carbocycles. The van der Waals surface area contributed by atoms with Gasteiger partial charge in [0.15, 0.2) is 0 Å². The van der Waals surface area contributed by atoms with Crippen molar-refractivity contribution in [2.24, 2.45) is 0 Å². The average molecular weight is 271 g/mol. The highest BCUT2D eigenvalue weighted by molar-refractivity contribution is 5.39. The van der Waals surface area contributed by atoms with E-state index in [2.05, 4.69) is 11.4 Å². The van der Waals surface area contributed by atoms with Gasteiger partial charge < -0.3 is 10.1 Å². The van der Waals surface area contributed by atoms with E-state index in [0.717, 1.165) is 12.3 Å². The average Bonchev–Trinajstić information content (AvgIpc) is 2.88. The molecule has 0 amide bonds. The number of para-hydroxylation sites is 1. The largest absolute Gasteiger partial charge is 0.493 e. The second-order valence-electron chi connectivity index (χ2n) is 5.20. The molecule has 2 nitrogen and oxygen atoms in total. The Morgan fingerprint density at radius 1 is 1.20 bits per heavy atom. The number of hydrogen-bond donors (Lipinski definition) is 1. The summed E-state index contributed by atoms with van der Waals surface area (Å²) in [5, 5.41) is 3.40. The first-order valence-electron chi connectivity index (χ1n) is 6.95. The minimum absolute atomic E-state index is 0.0102. The maximum Gasteiger partial charge on any atom is 0.127 e. The highest BCUT2D eigenvalue weighted by Gasteiger charge is 2.24. The summed E-state index contributed by atoms with van der Waals surface area (Å²) in [5.74, 6) is 1.15. The minimum Gasteiger partial charge on any atom is -0.493 e. The molecule has 1 aliphatic heterocycles. The number of nitrogens with one attached hydrogen (secondary N) is 1. The molecule has 0 bridgehead atoms. The monoisotopic (exact) mass is 271 g/mol. The van der Waals surface area contributed by atoms with Crippen LogP contribution >= 0.6 is 0 Å². The molecular weight excluding hydrogens is 253 g/mol. The second kappa shape index (κ2) is 5.63. The van der Waals surface area contributed by atoms with Crippen molar-refractivity contribution >= 4 is 0 Å². The molecule has 0 saturated heterocycles. The summed E-state index contributed by atoms with van der Waals surface area (Å²) >= 11 is 0. The minimum atomic E-state index is -0.157. The van der Waals surface area contributed by atoms with Gasteiger partial charge in [0.2, 0.25) is 0 Å². The fourth-order valence-corrected chi connectivity index (χ4v) is 2.65. The molecular formula is C17H18FNO. The van der Waals surface area contributed by atoms with E-state index in [4.69, 9.17) is 4.74 Å². The van der Waals surface area contributed by atoms with Crippen LogP contribution in [0.3, 0.4) is 0 Å². The van der Waals surface area contributed by atoms with Crippen molar-refractivity contribution in [3.63, 3.8) is 0 Å². The van der Waals surface area contributed by atoms with Crippen molar-refractivity contribution in [1.29, 1.82) is 0 Å². The number of hydrogen-bond acceptors (Lipinski definition) is 2. The van der Waals surface area contributed by atoms with Crippen molar-refractivity contribution in [3.05, 3.63) is 65.5 Å². The van der Waals surface area contributed by atoms with Crippen LogP contribution in [0.15, 0.2) is 48.5 Å². The lowest BCUT2D eigenvalue weighted by Gasteiger charge is -2.17. The lowest BCUT2D eigenvalue weighted by atomic mass is 10.0. The van der Waals surface area contributed by atoms with Gasteiger partial charge in [0.05, 0.1) is 6.61 Å². The maximum atomic E-state index is 13.7. The lowest BCUT2D eigenvalue weighted by Crippen LogP contribution is -2.26. The van der Waals surface area contributed by atoms with Gasteiger partial charge in [0, 0.05) is 29.6 Å². The van der Waals surface area contributed by atoms with E-state index >= 15 is 0 Å². The quantitative estimate of drug-likeness (QED) is 0.916. The zero-order valence-electron chi connectivity index (χ0n) is 11.5. The van der Waals surface area contributed by atoms with Crippen LogP contribution in [0.25, 0.3) is 0 Å². The third-order valence-corrected chi connectivity index (χ3v) is 3.84. The van der Waals surface area contributed by atoms with E-state index in [0.29, 0.717) is 18.1 Å². The number of fused-ring (bicyclic) bond motifs is 1. The van der Waals surface area contributed by atoms with Crippen LogP contribution in [0.1, 0.15) is 30.0 Å². The number of ether oxygens (including phenoxy) is 1. The van der Waals surface area contributed by atoms with Gasteiger partial charge in [-0.1, -0.05) is 36.4 Å². The van der Waals surface area contributed by atoms with Crippen LogP contribution in [-0.4, -0.2) is 13.2 Å². The van der Waals surface area contributed by atoms with E-state index in [1.807, 2.05) is 37.3 Å². The summed E-state index contributed by atoms with van der Waals surface area (Å²) in [7, 11) is 0. The first-order chi connectivity index (χ1) is 9.75. The Morgan fingerprint density at radius 2 is 1.95 bits per heavy atom. The zero-order chi connectivity index (χ0) is 13.9. The molecule has 104 valence electrons. The van der Waals surface area contributed by atoms with Gasteiger partial charge >= 0.3 is 0 Å². The SMILES string of the molecule is CC(NCC1COc2ccccc21)c1ccccc1F. The Kier molecular flexibility index (Phi) is 3.70. The Morgan fingerprint density at radius 3 is 2.80 bits per heavy atom. The molecule has 1 N–H and O–H groups in total. The van der Waals surface area contributed by atoms with Crippen molar-refractivity contribution in [1.82, 2.24) is 5.32 Å². The highest BCUT2D eigenvalue weighted by atomic mass is 19.1. The van der Waals surface area contributed by atoms with Gasteiger partial charge in [-0.25, -0.2) is 4.39 Å². The third kappa shape index (κ3) is 2.54. The standard InChI is InChI=1S/C17H18FNO/c1-12(14-6-2-4-8-16(14)18)19-10-13-11-20-17-9-5-3-7-15(13)17/h2-9,12-13,19H,10-11H2,1H3. The molecule has 1 aliphatic rings. The van der Waals surface area contributed by atoms with Crippen molar-refractivity contribution in [2.45, 2.75) is 18.9 Å². The fourth-order valence-electron chi connectivity index (χ4n) is 2.65. The summed E-state index contributed by atoms with van der Waals surface area (Å²) in [6, 6.07) is 15.0. The molecule has 0 aromatic heterocycles. The third-order valence-electron chi connectivity index (χ3n) is 3.84.